The van der Waals surface area contributed by atoms with E-state index in [1.165, 1.54) is 14.2 Å². The van der Waals surface area contributed by atoms with Gasteiger partial charge in [-0.15, -0.1) is 0 Å². The van der Waals surface area contributed by atoms with Gasteiger partial charge < -0.3 is 18.6 Å². The minimum Gasteiger partial charge on any atom is -0.497 e. The number of rotatable bonds is 5. The van der Waals surface area contributed by atoms with E-state index < -0.39 is 5.97 Å². The number of aryl methyl sites for hydroxylation is 1. The molecule has 0 aliphatic carbocycles. The van der Waals surface area contributed by atoms with Gasteiger partial charge in [-0.3, -0.25) is 0 Å². The van der Waals surface area contributed by atoms with Crippen LogP contribution in [0.1, 0.15) is 21.6 Å². The number of imidazole rings is 1. The highest BCUT2D eigenvalue weighted by Crippen LogP contribution is 2.25. The van der Waals surface area contributed by atoms with Crippen molar-refractivity contribution in [1.29, 1.82) is 0 Å². The van der Waals surface area contributed by atoms with Gasteiger partial charge >= 0.3 is 5.97 Å². The van der Waals surface area contributed by atoms with E-state index in [-0.39, 0.29) is 6.61 Å². The third kappa shape index (κ3) is 3.17. The van der Waals surface area contributed by atoms with Gasteiger partial charge in [0.25, 0.3) is 0 Å². The number of ether oxygens (including phenoxy) is 3. The van der Waals surface area contributed by atoms with Crippen LogP contribution in [0.3, 0.4) is 0 Å². The summed E-state index contributed by atoms with van der Waals surface area (Å²) in [5.74, 6) is 0.511. The number of esters is 1. The molecular weight excluding hydrogens is 308 g/mol. The summed E-state index contributed by atoms with van der Waals surface area (Å²) in [6, 6.07) is 8.89. The van der Waals surface area contributed by atoms with Crippen LogP contribution in [-0.4, -0.2) is 29.6 Å². The fourth-order valence-electron chi connectivity index (χ4n) is 2.42. The number of carbonyl (C=O) groups is 1. The maximum atomic E-state index is 12.3. The smallest absolute Gasteiger partial charge is 0.342 e. The zero-order valence-electron chi connectivity index (χ0n) is 13.8. The van der Waals surface area contributed by atoms with Gasteiger partial charge in [0.1, 0.15) is 29.3 Å². The number of carbonyl (C=O) groups excluding carboxylic acids is 1. The van der Waals surface area contributed by atoms with Crippen LogP contribution < -0.4 is 9.47 Å². The summed E-state index contributed by atoms with van der Waals surface area (Å²) in [5.41, 5.74) is 2.93. The highest BCUT2D eigenvalue weighted by Gasteiger charge is 2.16. The van der Waals surface area contributed by atoms with Crippen molar-refractivity contribution < 1.29 is 19.0 Å². The molecule has 0 fully saturated rings. The zero-order valence-corrected chi connectivity index (χ0v) is 13.8. The molecule has 2 aromatic heterocycles. The number of hydrogen-bond donors (Lipinski definition) is 0. The molecule has 0 bridgehead atoms. The minimum absolute atomic E-state index is 0.0833. The molecule has 0 saturated carbocycles. The average molecular weight is 326 g/mol. The van der Waals surface area contributed by atoms with Gasteiger partial charge in [-0.2, -0.15) is 0 Å². The van der Waals surface area contributed by atoms with E-state index in [1.807, 2.05) is 35.9 Å². The number of aromatic nitrogens is 2. The standard InChI is InChI=1S/C18H18N2O4/c1-12-4-7-17-19-13(10-20(17)9-12)11-24-18(21)15-8-14(22-2)5-6-16(15)23-3/h4-10H,11H2,1-3H3. The Bertz CT molecular complexity index is 886. The summed E-state index contributed by atoms with van der Waals surface area (Å²) < 4.78 is 17.6. The first-order valence-electron chi connectivity index (χ1n) is 7.44. The van der Waals surface area contributed by atoms with Crippen LogP contribution in [0.2, 0.25) is 0 Å². The average Bonchev–Trinajstić information content (AvgIpc) is 3.01. The Balaban J connectivity index is 1.77. The lowest BCUT2D eigenvalue weighted by Crippen LogP contribution is -2.07. The van der Waals surface area contributed by atoms with Gasteiger partial charge in [0.05, 0.1) is 19.9 Å². The number of methoxy groups -OCH3 is 2. The van der Waals surface area contributed by atoms with Crippen LogP contribution in [0.15, 0.2) is 42.7 Å². The Morgan fingerprint density at radius 2 is 1.96 bits per heavy atom. The maximum absolute atomic E-state index is 12.3. The normalized spacial score (nSPS) is 10.6. The zero-order chi connectivity index (χ0) is 17.1. The maximum Gasteiger partial charge on any atom is 0.342 e. The molecule has 0 aliphatic rings. The third-order valence-corrected chi connectivity index (χ3v) is 3.63. The Morgan fingerprint density at radius 3 is 2.71 bits per heavy atom. The topological polar surface area (TPSA) is 62.1 Å². The van der Waals surface area contributed by atoms with Gasteiger partial charge in [0.2, 0.25) is 0 Å². The Labute approximate surface area is 139 Å². The summed E-state index contributed by atoms with van der Waals surface area (Å²) in [5, 5.41) is 0. The molecule has 3 aromatic rings. The fourth-order valence-corrected chi connectivity index (χ4v) is 2.42. The van der Waals surface area contributed by atoms with Crippen molar-refractivity contribution in [2.75, 3.05) is 14.2 Å². The SMILES string of the molecule is COc1ccc(OC)c(C(=O)OCc2cn3cc(C)ccc3n2)c1. The second kappa shape index (κ2) is 6.62. The van der Waals surface area contributed by atoms with Crippen LogP contribution in [0.5, 0.6) is 11.5 Å². The largest absolute Gasteiger partial charge is 0.497 e. The number of fused-ring (bicyclic) bond motifs is 1. The van der Waals surface area contributed by atoms with E-state index in [1.54, 1.807) is 18.2 Å². The molecule has 6 heteroatoms. The Morgan fingerprint density at radius 1 is 1.12 bits per heavy atom. The molecule has 0 radical (unpaired) electrons. The van der Waals surface area contributed by atoms with Gasteiger partial charge in [0.15, 0.2) is 0 Å². The molecule has 0 saturated heterocycles. The first kappa shape index (κ1) is 15.9. The fraction of sp³-hybridized carbons (Fsp3) is 0.222. The molecule has 0 unspecified atom stereocenters. The van der Waals surface area contributed by atoms with Crippen LogP contribution >= 0.6 is 0 Å². The van der Waals surface area contributed by atoms with Crippen LogP contribution in [0.25, 0.3) is 5.65 Å². The number of pyridine rings is 1. The summed E-state index contributed by atoms with van der Waals surface area (Å²) >= 11 is 0. The first-order chi connectivity index (χ1) is 11.6. The molecule has 124 valence electrons. The first-order valence-corrected chi connectivity index (χ1v) is 7.44. The van der Waals surface area contributed by atoms with Crippen LogP contribution in [-0.2, 0) is 11.3 Å². The molecule has 0 aliphatic heterocycles. The number of benzene rings is 1. The van der Waals surface area contributed by atoms with E-state index in [4.69, 9.17) is 14.2 Å². The molecule has 3 rings (SSSR count). The Kier molecular flexibility index (Phi) is 4.37. The highest BCUT2D eigenvalue weighted by atomic mass is 16.5. The second-order valence-corrected chi connectivity index (χ2v) is 5.35. The summed E-state index contributed by atoms with van der Waals surface area (Å²) in [4.78, 5) is 16.8. The van der Waals surface area contributed by atoms with Crippen molar-refractivity contribution in [1.82, 2.24) is 9.38 Å². The summed E-state index contributed by atoms with van der Waals surface area (Å²) in [6.07, 6.45) is 3.82. The molecule has 2 heterocycles. The number of hydrogen-bond acceptors (Lipinski definition) is 5. The predicted molar refractivity (Wildman–Crippen MR) is 88.6 cm³/mol. The quantitative estimate of drug-likeness (QED) is 0.675. The molecule has 1 aromatic carbocycles. The molecule has 0 amide bonds. The van der Waals surface area contributed by atoms with E-state index in [0.29, 0.717) is 22.8 Å². The van der Waals surface area contributed by atoms with Crippen molar-refractivity contribution in [3.63, 3.8) is 0 Å². The van der Waals surface area contributed by atoms with Crippen molar-refractivity contribution in [2.24, 2.45) is 0 Å². The second-order valence-electron chi connectivity index (χ2n) is 5.35. The highest BCUT2D eigenvalue weighted by molar-refractivity contribution is 5.93. The Hall–Kier alpha value is -3.02. The van der Waals surface area contributed by atoms with E-state index in [2.05, 4.69) is 4.98 Å². The molecule has 0 spiro atoms. The van der Waals surface area contributed by atoms with Gasteiger partial charge in [-0.1, -0.05) is 6.07 Å². The molecule has 24 heavy (non-hydrogen) atoms. The van der Waals surface area contributed by atoms with Crippen molar-refractivity contribution >= 4 is 11.6 Å². The molecule has 6 nitrogen and oxygen atoms in total. The van der Waals surface area contributed by atoms with Gasteiger partial charge in [0, 0.05) is 12.4 Å². The molecular formula is C18H18N2O4. The molecule has 0 atom stereocenters. The van der Waals surface area contributed by atoms with E-state index >= 15 is 0 Å². The van der Waals surface area contributed by atoms with Crippen LogP contribution in [0.4, 0.5) is 0 Å². The van der Waals surface area contributed by atoms with Crippen molar-refractivity contribution in [2.45, 2.75) is 13.5 Å². The summed E-state index contributed by atoms with van der Waals surface area (Å²) in [6.45, 7) is 2.09. The third-order valence-electron chi connectivity index (χ3n) is 3.63. The van der Waals surface area contributed by atoms with Crippen molar-refractivity contribution in [3.8, 4) is 11.5 Å². The van der Waals surface area contributed by atoms with Gasteiger partial charge in [-0.25, -0.2) is 9.78 Å². The lowest BCUT2D eigenvalue weighted by Gasteiger charge is -2.09. The minimum atomic E-state index is -0.487. The van der Waals surface area contributed by atoms with E-state index in [0.717, 1.165) is 11.2 Å². The lowest BCUT2D eigenvalue weighted by atomic mass is 10.2. The number of nitrogens with zero attached hydrogens (tertiary/aromatic N) is 2. The monoisotopic (exact) mass is 326 g/mol. The lowest BCUT2D eigenvalue weighted by molar-refractivity contribution is 0.0464. The summed E-state index contributed by atoms with van der Waals surface area (Å²) in [7, 11) is 3.04. The van der Waals surface area contributed by atoms with Crippen LogP contribution in [0, 0.1) is 6.92 Å². The van der Waals surface area contributed by atoms with Gasteiger partial charge in [-0.05, 0) is 36.8 Å². The molecule has 0 N–H and O–H groups in total. The predicted octanol–water partition coefficient (Wildman–Crippen LogP) is 3.02. The van der Waals surface area contributed by atoms with Crippen molar-refractivity contribution in [3.05, 3.63) is 59.5 Å². The van der Waals surface area contributed by atoms with E-state index in [9.17, 15) is 4.79 Å².